The van der Waals surface area contributed by atoms with Gasteiger partial charge in [-0.1, -0.05) is 30.1 Å². The second-order valence-electron chi connectivity index (χ2n) is 6.09. The number of carbonyl (C=O) groups is 1. The molecule has 0 amide bonds. The summed E-state index contributed by atoms with van der Waals surface area (Å²) in [5, 5.41) is 8.36. The summed E-state index contributed by atoms with van der Waals surface area (Å²) in [5.74, 6) is -0.0625. The van der Waals surface area contributed by atoms with Gasteiger partial charge in [0.2, 0.25) is 0 Å². The molecule has 3 rings (SSSR count). The Hall–Kier alpha value is -2.62. The average Bonchev–Trinajstić information content (AvgIpc) is 2.80. The van der Waals surface area contributed by atoms with E-state index in [9.17, 15) is 4.79 Å². The van der Waals surface area contributed by atoms with Gasteiger partial charge in [-0.2, -0.15) is 0 Å². The minimum atomic E-state index is -2.74. The Bertz CT molecular complexity index is 1440. The average molecular weight is 592 g/mol. The first-order valence-corrected chi connectivity index (χ1v) is 8.45. The monoisotopic (exact) mass is 592 g/mol. The molecule has 0 bridgehead atoms. The van der Waals surface area contributed by atoms with Gasteiger partial charge in [0.1, 0.15) is 0 Å². The summed E-state index contributed by atoms with van der Waals surface area (Å²) in [5.41, 5.74) is -0.752. The minimum Gasteiger partial charge on any atom is -0.512 e. The van der Waals surface area contributed by atoms with Crippen LogP contribution >= 0.6 is 0 Å². The van der Waals surface area contributed by atoms with Gasteiger partial charge in [0, 0.05) is 54.5 Å². The van der Waals surface area contributed by atoms with Gasteiger partial charge in [-0.15, -0.1) is 29.3 Å². The van der Waals surface area contributed by atoms with E-state index in [0.29, 0.717) is 0 Å². The van der Waals surface area contributed by atoms with Crippen LogP contribution in [0.5, 0.6) is 0 Å². The number of carbonyl (C=O) groups excluding carboxylic acids is 1. The Morgan fingerprint density at radius 2 is 1.83 bits per heavy atom. The van der Waals surface area contributed by atoms with Crippen LogP contribution in [0.25, 0.3) is 22.5 Å². The molecule has 0 saturated carbocycles. The first-order valence-electron chi connectivity index (χ1n) is 14.4. The third kappa shape index (κ3) is 7.33. The number of aliphatic hydroxyl groups excluding tert-OH is 1. The number of aryl methyl sites for hydroxylation is 4. The summed E-state index contributed by atoms with van der Waals surface area (Å²) in [6.07, 6.45) is 2.13. The molecule has 0 aliphatic heterocycles. The Kier molecular flexibility index (Phi) is 4.72. The molecule has 2 heterocycles. The fourth-order valence-electron chi connectivity index (χ4n) is 2.33. The third-order valence-corrected chi connectivity index (χ3v) is 3.57. The predicted octanol–water partition coefficient (Wildman–Crippen LogP) is 5.88. The van der Waals surface area contributed by atoms with Crippen LogP contribution in [-0.2, 0) is 24.9 Å². The first-order chi connectivity index (χ1) is 18.5. The summed E-state index contributed by atoms with van der Waals surface area (Å²) < 4.78 is 92.3. The van der Waals surface area contributed by atoms with Gasteiger partial charge in [-0.3, -0.25) is 9.78 Å². The standard InChI is InChI=1S/C20H19N2.C5H8O2.Ir/c1-13-8-9-17(20-10-14(2)15(3)12-21-20)11-18(13)19-7-5-6-16(4)22-19;1-4(6)3-5(2)7;/h5-8,10-12H,1-4H3;3,6H,1-2H3;/q-1;;/b;4-3-;/i1D3,2D3,3D3,4D3;;. The number of nitrogens with zero attached hydrogens (tertiary/aromatic N) is 2. The van der Waals surface area contributed by atoms with E-state index in [2.05, 4.69) is 16.0 Å². The Balaban J connectivity index is 0.000000981. The molecule has 1 radical (unpaired) electrons. The van der Waals surface area contributed by atoms with Crippen LogP contribution in [0, 0.1) is 33.5 Å². The second kappa shape index (κ2) is 11.5. The van der Waals surface area contributed by atoms with E-state index < -0.39 is 38.5 Å². The van der Waals surface area contributed by atoms with Gasteiger partial charge >= 0.3 is 0 Å². The van der Waals surface area contributed by atoms with E-state index >= 15 is 0 Å². The smallest absolute Gasteiger partial charge is 0.155 e. The fraction of sp³-hybridized carbons (Fsp3) is 0.240. The number of aliphatic hydroxyl groups is 1. The SMILES string of the molecule is CC(=O)/C=C(/C)O.[2H]C([2H])([2H])c1cccc(-c2cc(-c3cc(C([2H])([2H])[2H])c(C([2H])([2H])[2H])cn3)[c-]cc2C([2H])([2H])[2H])n1.[Ir]. The molecule has 5 heteroatoms. The molecule has 0 aliphatic rings. The van der Waals surface area contributed by atoms with Gasteiger partial charge in [-0.25, -0.2) is 0 Å². The molecular formula is C25H27IrN2O2-. The molecule has 159 valence electrons. The Morgan fingerprint density at radius 3 is 2.43 bits per heavy atom. The van der Waals surface area contributed by atoms with Crippen LogP contribution < -0.4 is 0 Å². The molecule has 4 nitrogen and oxygen atoms in total. The molecule has 0 fully saturated rings. The Labute approximate surface area is 209 Å². The molecule has 0 atom stereocenters. The number of allylic oxidation sites excluding steroid dienone is 2. The zero-order chi connectivity index (χ0) is 31.6. The van der Waals surface area contributed by atoms with E-state index in [4.69, 9.17) is 21.6 Å². The minimum absolute atomic E-state index is 0. The maximum Gasteiger partial charge on any atom is 0.155 e. The predicted molar refractivity (Wildman–Crippen MR) is 118 cm³/mol. The molecule has 3 aromatic rings. The largest absolute Gasteiger partial charge is 0.512 e. The summed E-state index contributed by atoms with van der Waals surface area (Å²) in [7, 11) is 0. The van der Waals surface area contributed by atoms with Crippen LogP contribution in [0.3, 0.4) is 0 Å². The number of pyridine rings is 2. The molecule has 0 unspecified atom stereocenters. The number of aromatic nitrogens is 2. The number of hydrogen-bond donors (Lipinski definition) is 1. The molecule has 2 aromatic heterocycles. The molecule has 0 saturated heterocycles. The van der Waals surface area contributed by atoms with Crippen molar-refractivity contribution in [3.8, 4) is 22.5 Å². The van der Waals surface area contributed by atoms with Crippen LogP contribution in [0.4, 0.5) is 0 Å². The summed E-state index contributed by atoms with van der Waals surface area (Å²) >= 11 is 0. The summed E-state index contributed by atoms with van der Waals surface area (Å²) in [4.78, 5) is 18.2. The number of benzene rings is 1. The molecular weight excluding hydrogens is 553 g/mol. The normalized spacial score (nSPS) is 18.1. The van der Waals surface area contributed by atoms with E-state index in [0.717, 1.165) is 12.3 Å². The molecule has 30 heavy (non-hydrogen) atoms. The van der Waals surface area contributed by atoms with Crippen LogP contribution in [0.1, 0.15) is 52.7 Å². The topological polar surface area (TPSA) is 63.1 Å². The van der Waals surface area contributed by atoms with Crippen molar-refractivity contribution in [3.05, 3.63) is 82.9 Å². The van der Waals surface area contributed by atoms with Crippen molar-refractivity contribution in [2.75, 3.05) is 0 Å². The zero-order valence-corrected chi connectivity index (χ0v) is 18.6. The van der Waals surface area contributed by atoms with Gasteiger partial charge in [0.05, 0.1) is 11.5 Å². The van der Waals surface area contributed by atoms with E-state index in [1.165, 1.54) is 50.3 Å². The van der Waals surface area contributed by atoms with Gasteiger partial charge in [-0.05, 0) is 57.8 Å². The first kappa shape index (κ1) is 12.3. The van der Waals surface area contributed by atoms with Crippen molar-refractivity contribution in [1.29, 1.82) is 0 Å². The second-order valence-corrected chi connectivity index (χ2v) is 6.09. The number of rotatable bonds is 3. The van der Waals surface area contributed by atoms with Gasteiger partial charge < -0.3 is 10.1 Å². The maximum absolute atomic E-state index is 10.0. The van der Waals surface area contributed by atoms with Crippen molar-refractivity contribution in [2.45, 2.75) is 41.3 Å². The number of hydrogen-bond acceptors (Lipinski definition) is 4. The molecule has 0 spiro atoms. The molecule has 0 aliphatic carbocycles. The van der Waals surface area contributed by atoms with Crippen molar-refractivity contribution < 1.29 is 46.5 Å². The van der Waals surface area contributed by atoms with Crippen LogP contribution in [0.15, 0.2) is 54.4 Å². The maximum atomic E-state index is 10.0. The molecule has 1 N–H and O–H groups in total. The van der Waals surface area contributed by atoms with E-state index in [1.807, 2.05) is 0 Å². The number of ketones is 1. The summed E-state index contributed by atoms with van der Waals surface area (Å²) in [6.45, 7) is -7.68. The van der Waals surface area contributed by atoms with Crippen LogP contribution in [0.2, 0.25) is 0 Å². The van der Waals surface area contributed by atoms with Crippen LogP contribution in [-0.4, -0.2) is 20.9 Å². The summed E-state index contributed by atoms with van der Waals surface area (Å²) in [6, 6.07) is 10.7. The quantitative estimate of drug-likeness (QED) is 0.235. The van der Waals surface area contributed by atoms with Gasteiger partial charge in [0.25, 0.3) is 0 Å². The molecule has 1 aromatic carbocycles. The van der Waals surface area contributed by atoms with E-state index in [1.54, 1.807) is 0 Å². The van der Waals surface area contributed by atoms with Crippen molar-refractivity contribution >= 4 is 5.78 Å². The third-order valence-electron chi connectivity index (χ3n) is 3.57. The van der Waals surface area contributed by atoms with E-state index in [-0.39, 0.29) is 65.4 Å². The Morgan fingerprint density at radius 1 is 1.07 bits per heavy atom. The van der Waals surface area contributed by atoms with Gasteiger partial charge in [0.15, 0.2) is 5.78 Å². The van der Waals surface area contributed by atoms with Crippen molar-refractivity contribution in [2.24, 2.45) is 0 Å². The van der Waals surface area contributed by atoms with Crippen molar-refractivity contribution in [3.63, 3.8) is 0 Å². The van der Waals surface area contributed by atoms with Crippen molar-refractivity contribution in [1.82, 2.24) is 9.97 Å². The fourth-order valence-corrected chi connectivity index (χ4v) is 2.33. The zero-order valence-electron chi connectivity index (χ0n) is 28.2.